The lowest BCUT2D eigenvalue weighted by Crippen LogP contribution is -2.46. The Morgan fingerprint density at radius 3 is 2.71 bits per heavy atom. The molecule has 0 aliphatic rings. The van der Waals surface area contributed by atoms with Crippen LogP contribution < -0.4 is 9.46 Å². The van der Waals surface area contributed by atoms with Crippen LogP contribution in [-0.2, 0) is 16.6 Å². The summed E-state index contributed by atoms with van der Waals surface area (Å²) in [6, 6.07) is 3.56. The van der Waals surface area contributed by atoms with Crippen molar-refractivity contribution < 1.29 is 13.2 Å². The molecule has 0 spiro atoms. The number of ether oxygens (including phenoxy) is 1. The van der Waals surface area contributed by atoms with E-state index >= 15 is 0 Å². The number of rotatable bonds is 5. The van der Waals surface area contributed by atoms with E-state index in [-0.39, 0.29) is 0 Å². The second-order valence-electron chi connectivity index (χ2n) is 5.50. The lowest BCUT2D eigenvalue weighted by Gasteiger charge is -2.25. The predicted octanol–water partition coefficient (Wildman–Crippen LogP) is 1.43. The first kappa shape index (κ1) is 15.9. The van der Waals surface area contributed by atoms with Crippen molar-refractivity contribution in [3.63, 3.8) is 0 Å². The second kappa shape index (κ2) is 5.39. The van der Waals surface area contributed by atoms with Crippen LogP contribution in [-0.4, -0.2) is 41.9 Å². The number of nitrogens with one attached hydrogen (secondary N) is 2. The van der Waals surface area contributed by atoms with Gasteiger partial charge in [0.1, 0.15) is 0 Å². The van der Waals surface area contributed by atoms with Crippen molar-refractivity contribution >= 4 is 33.4 Å². The van der Waals surface area contributed by atoms with Crippen LogP contribution in [0.15, 0.2) is 12.1 Å². The maximum Gasteiger partial charge on any atom is 0.215 e. The maximum atomic E-state index is 11.4. The number of aromatic nitrogens is 3. The van der Waals surface area contributed by atoms with Crippen molar-refractivity contribution in [2.75, 3.05) is 13.4 Å². The molecule has 0 unspecified atom stereocenters. The molecule has 0 aliphatic carbocycles. The molecule has 0 amide bonds. The van der Waals surface area contributed by atoms with E-state index in [1.807, 2.05) is 6.07 Å². The van der Waals surface area contributed by atoms with E-state index in [4.69, 9.17) is 17.0 Å². The molecule has 0 aliphatic heterocycles. The molecule has 2 N–H and O–H groups in total. The summed E-state index contributed by atoms with van der Waals surface area (Å²) < 4.78 is 32.8. The van der Waals surface area contributed by atoms with E-state index in [9.17, 15) is 8.42 Å². The Labute approximate surface area is 128 Å². The zero-order valence-electron chi connectivity index (χ0n) is 12.3. The number of methoxy groups -OCH3 is 1. The van der Waals surface area contributed by atoms with Gasteiger partial charge >= 0.3 is 0 Å². The van der Waals surface area contributed by atoms with Crippen molar-refractivity contribution in [3.05, 3.63) is 16.9 Å². The largest absolute Gasteiger partial charge is 0.481 e. The number of pyridine rings is 1. The average Bonchev–Trinajstić information content (AvgIpc) is 2.62. The molecular formula is C12H18N4O3S2. The molecule has 0 fully saturated rings. The molecule has 2 heterocycles. The quantitative estimate of drug-likeness (QED) is 0.810. The van der Waals surface area contributed by atoms with Gasteiger partial charge in [0.2, 0.25) is 15.9 Å². The average molecular weight is 330 g/mol. The number of imidazole rings is 1. The number of nitrogens with zero attached hydrogens (tertiary/aromatic N) is 2. The van der Waals surface area contributed by atoms with Gasteiger partial charge in [-0.05, 0) is 32.1 Å². The molecule has 0 saturated carbocycles. The smallest absolute Gasteiger partial charge is 0.215 e. The third-order valence-corrected chi connectivity index (χ3v) is 4.06. The van der Waals surface area contributed by atoms with Gasteiger partial charge in [0, 0.05) is 18.2 Å². The fourth-order valence-corrected chi connectivity index (χ4v) is 3.53. The molecule has 0 bridgehead atoms. The van der Waals surface area contributed by atoms with Gasteiger partial charge in [-0.15, -0.1) is 0 Å². The molecule has 7 nitrogen and oxygen atoms in total. The predicted molar refractivity (Wildman–Crippen MR) is 83.5 cm³/mol. The summed E-state index contributed by atoms with van der Waals surface area (Å²) in [5, 5.41) is 0. The highest BCUT2D eigenvalue weighted by Crippen LogP contribution is 2.19. The zero-order chi connectivity index (χ0) is 15.8. The molecular weight excluding hydrogens is 312 g/mol. The summed E-state index contributed by atoms with van der Waals surface area (Å²) in [6.07, 6.45) is 1.13. The standard InChI is InChI=1S/C12H18N4O3S2/c1-12(2,15-21(4,17)18)7-16-10-8(13-11(16)20)5-6-9(14-10)19-3/h5-6,15H,7H2,1-4H3,(H,13,20). The number of sulfonamides is 1. The van der Waals surface area contributed by atoms with E-state index in [0.717, 1.165) is 11.8 Å². The SMILES string of the molecule is COc1ccc2[nH]c(=S)n(CC(C)(C)NS(C)(=O)=O)c2n1. The Morgan fingerprint density at radius 2 is 2.14 bits per heavy atom. The van der Waals surface area contributed by atoms with Crippen LogP contribution in [0.3, 0.4) is 0 Å². The van der Waals surface area contributed by atoms with Crippen molar-refractivity contribution in [2.45, 2.75) is 25.9 Å². The van der Waals surface area contributed by atoms with Gasteiger partial charge in [0.05, 0.1) is 18.9 Å². The topological polar surface area (TPSA) is 89.0 Å². The van der Waals surface area contributed by atoms with Gasteiger partial charge in [0.25, 0.3) is 0 Å². The Morgan fingerprint density at radius 1 is 1.48 bits per heavy atom. The van der Waals surface area contributed by atoms with Crippen LogP contribution >= 0.6 is 12.2 Å². The summed E-state index contributed by atoms with van der Waals surface area (Å²) in [4.78, 5) is 7.41. The van der Waals surface area contributed by atoms with E-state index in [1.54, 1.807) is 24.5 Å². The molecule has 116 valence electrons. The van der Waals surface area contributed by atoms with Crippen molar-refractivity contribution in [3.8, 4) is 5.88 Å². The van der Waals surface area contributed by atoms with Crippen LogP contribution in [0, 0.1) is 4.77 Å². The number of aromatic amines is 1. The van der Waals surface area contributed by atoms with Crippen LogP contribution in [0.4, 0.5) is 0 Å². The summed E-state index contributed by atoms with van der Waals surface area (Å²) in [5.41, 5.74) is 0.699. The van der Waals surface area contributed by atoms with Crippen LogP contribution in [0.2, 0.25) is 0 Å². The van der Waals surface area contributed by atoms with Crippen LogP contribution in [0.5, 0.6) is 5.88 Å². The van der Waals surface area contributed by atoms with Crippen molar-refractivity contribution in [1.29, 1.82) is 0 Å². The minimum Gasteiger partial charge on any atom is -0.481 e. The van der Waals surface area contributed by atoms with Crippen molar-refractivity contribution in [1.82, 2.24) is 19.3 Å². The van der Waals surface area contributed by atoms with E-state index < -0.39 is 15.6 Å². The molecule has 9 heteroatoms. The Kier molecular flexibility index (Phi) is 4.09. The molecule has 0 aromatic carbocycles. The summed E-state index contributed by atoms with van der Waals surface area (Å²) in [7, 11) is -1.78. The molecule has 0 atom stereocenters. The number of hydrogen-bond acceptors (Lipinski definition) is 5. The lowest BCUT2D eigenvalue weighted by atomic mass is 10.1. The monoisotopic (exact) mass is 330 g/mol. The van der Waals surface area contributed by atoms with Gasteiger partial charge in [0.15, 0.2) is 10.4 Å². The molecule has 2 rings (SSSR count). The Bertz CT molecular complexity index is 821. The Balaban J connectivity index is 2.46. The fraction of sp³-hybridized carbons (Fsp3) is 0.500. The first-order chi connectivity index (χ1) is 9.61. The first-order valence-corrected chi connectivity index (χ1v) is 8.54. The highest BCUT2D eigenvalue weighted by molar-refractivity contribution is 7.88. The third-order valence-electron chi connectivity index (χ3n) is 2.82. The van der Waals surface area contributed by atoms with Gasteiger partial charge in [-0.3, -0.25) is 4.57 Å². The molecule has 0 radical (unpaired) electrons. The third kappa shape index (κ3) is 3.80. The highest BCUT2D eigenvalue weighted by Gasteiger charge is 2.24. The van der Waals surface area contributed by atoms with Crippen molar-refractivity contribution in [2.24, 2.45) is 0 Å². The van der Waals surface area contributed by atoms with E-state index in [1.165, 1.54) is 7.11 Å². The fourth-order valence-electron chi connectivity index (χ4n) is 2.20. The minimum absolute atomic E-state index is 0.346. The highest BCUT2D eigenvalue weighted by atomic mass is 32.2. The molecule has 2 aromatic rings. The Hall–Kier alpha value is -1.45. The molecule has 2 aromatic heterocycles. The van der Waals surface area contributed by atoms with Gasteiger partial charge < -0.3 is 9.72 Å². The minimum atomic E-state index is -3.32. The number of hydrogen-bond donors (Lipinski definition) is 2. The maximum absolute atomic E-state index is 11.4. The number of fused-ring (bicyclic) bond motifs is 1. The summed E-state index contributed by atoms with van der Waals surface area (Å²) in [6.45, 7) is 3.92. The number of H-pyrrole nitrogens is 1. The second-order valence-corrected chi connectivity index (χ2v) is 7.63. The van der Waals surface area contributed by atoms with Gasteiger partial charge in [-0.25, -0.2) is 13.1 Å². The lowest BCUT2D eigenvalue weighted by molar-refractivity contribution is 0.387. The normalized spacial score (nSPS) is 12.8. The zero-order valence-corrected chi connectivity index (χ0v) is 13.9. The first-order valence-electron chi connectivity index (χ1n) is 6.24. The summed E-state index contributed by atoms with van der Waals surface area (Å²) in [5.74, 6) is 0.471. The van der Waals surface area contributed by atoms with E-state index in [0.29, 0.717) is 22.8 Å². The van der Waals surface area contributed by atoms with Gasteiger partial charge in [-0.2, -0.15) is 4.98 Å². The molecule has 0 saturated heterocycles. The summed E-state index contributed by atoms with van der Waals surface area (Å²) >= 11 is 5.29. The van der Waals surface area contributed by atoms with Gasteiger partial charge in [-0.1, -0.05) is 0 Å². The van der Waals surface area contributed by atoms with E-state index in [2.05, 4.69) is 14.7 Å². The molecule has 21 heavy (non-hydrogen) atoms. The van der Waals surface area contributed by atoms with Crippen LogP contribution in [0.1, 0.15) is 13.8 Å². The van der Waals surface area contributed by atoms with Crippen LogP contribution in [0.25, 0.3) is 11.2 Å².